The van der Waals surface area contributed by atoms with Crippen LogP contribution >= 0.6 is 11.3 Å². The summed E-state index contributed by atoms with van der Waals surface area (Å²) in [5, 5.41) is 9.09. The Morgan fingerprint density at radius 1 is 0.553 bits per heavy atom. The molecule has 0 saturated heterocycles. The Morgan fingerprint density at radius 3 is 2.21 bits per heavy atom. The lowest BCUT2D eigenvalue weighted by molar-refractivity contribution is 0.831. The molecule has 180 valence electrons. The molecule has 6 aromatic carbocycles. The third kappa shape index (κ3) is 3.26. The van der Waals surface area contributed by atoms with Crippen LogP contribution in [0, 0.1) is 0 Å². The topological polar surface area (TPSA) is 15.3 Å². The van der Waals surface area contributed by atoms with Crippen LogP contribution < -0.4 is 10.2 Å². The first-order valence-corrected chi connectivity index (χ1v) is 13.8. The molecule has 1 aromatic heterocycles. The maximum Gasteiger partial charge on any atom is 0.130 e. The van der Waals surface area contributed by atoms with Gasteiger partial charge in [-0.25, -0.2) is 0 Å². The van der Waals surface area contributed by atoms with Crippen LogP contribution in [0.2, 0.25) is 0 Å². The second kappa shape index (κ2) is 8.47. The molecule has 1 N–H and O–H groups in total. The van der Waals surface area contributed by atoms with Crippen molar-refractivity contribution in [3.8, 4) is 11.1 Å². The summed E-state index contributed by atoms with van der Waals surface area (Å²) in [6.45, 7) is 0. The predicted octanol–water partition coefficient (Wildman–Crippen LogP) is 10.1. The summed E-state index contributed by atoms with van der Waals surface area (Å²) in [6.07, 6.45) is -0.0382. The largest absolute Gasteiger partial charge is 0.359 e. The van der Waals surface area contributed by atoms with E-state index in [1.165, 1.54) is 64.7 Å². The first kappa shape index (κ1) is 21.5. The van der Waals surface area contributed by atoms with Crippen LogP contribution in [0.25, 0.3) is 42.1 Å². The maximum atomic E-state index is 3.96. The lowest BCUT2D eigenvalue weighted by atomic mass is 10.0. The first-order valence-electron chi connectivity index (χ1n) is 13.0. The van der Waals surface area contributed by atoms with E-state index in [9.17, 15) is 0 Å². The Labute approximate surface area is 225 Å². The van der Waals surface area contributed by atoms with Gasteiger partial charge in [-0.2, -0.15) is 0 Å². The summed E-state index contributed by atoms with van der Waals surface area (Å²) in [4.78, 5) is 2.49. The number of fused-ring (bicyclic) bond motifs is 6. The van der Waals surface area contributed by atoms with Crippen molar-refractivity contribution in [3.05, 3.63) is 139 Å². The van der Waals surface area contributed by atoms with E-state index in [0.717, 1.165) is 0 Å². The van der Waals surface area contributed by atoms with Gasteiger partial charge in [-0.3, -0.25) is 0 Å². The molecule has 1 aliphatic rings. The van der Waals surface area contributed by atoms with Crippen molar-refractivity contribution in [2.75, 3.05) is 10.2 Å². The van der Waals surface area contributed by atoms with Crippen molar-refractivity contribution in [2.45, 2.75) is 6.17 Å². The van der Waals surface area contributed by atoms with Crippen LogP contribution in [0.4, 0.5) is 17.1 Å². The number of benzene rings is 6. The van der Waals surface area contributed by atoms with Crippen LogP contribution in [-0.4, -0.2) is 0 Å². The molecule has 1 aliphatic heterocycles. The fraction of sp³-hybridized carbons (Fsp3) is 0.0286. The summed E-state index contributed by atoms with van der Waals surface area (Å²) in [7, 11) is 0. The summed E-state index contributed by atoms with van der Waals surface area (Å²) in [5.74, 6) is 0. The van der Waals surface area contributed by atoms with Gasteiger partial charge in [0.2, 0.25) is 0 Å². The molecule has 1 atom stereocenters. The SMILES string of the molecule is c1ccc(-c2ccccc2N2c3ccc4ccccc4c3NC2c2ccc3sc4ccccc4c3c2)cc1. The third-order valence-electron chi connectivity index (χ3n) is 7.67. The molecular formula is C35H24N2S. The van der Waals surface area contributed by atoms with Crippen molar-refractivity contribution in [2.24, 2.45) is 0 Å². The van der Waals surface area contributed by atoms with Gasteiger partial charge in [0.25, 0.3) is 0 Å². The van der Waals surface area contributed by atoms with Gasteiger partial charge in [0.15, 0.2) is 0 Å². The number of anilines is 3. The van der Waals surface area contributed by atoms with E-state index in [-0.39, 0.29) is 6.17 Å². The van der Waals surface area contributed by atoms with Crippen molar-refractivity contribution in [3.63, 3.8) is 0 Å². The van der Waals surface area contributed by atoms with E-state index in [4.69, 9.17) is 0 Å². The van der Waals surface area contributed by atoms with E-state index < -0.39 is 0 Å². The number of hydrogen-bond acceptors (Lipinski definition) is 3. The van der Waals surface area contributed by atoms with E-state index >= 15 is 0 Å². The number of nitrogens with zero attached hydrogens (tertiary/aromatic N) is 1. The molecule has 0 bridgehead atoms. The van der Waals surface area contributed by atoms with Crippen LogP contribution in [-0.2, 0) is 0 Å². The Hall–Kier alpha value is -4.60. The molecule has 0 saturated carbocycles. The Balaban J connectivity index is 1.37. The first-order chi connectivity index (χ1) is 18.8. The number of nitrogens with one attached hydrogen (secondary N) is 1. The van der Waals surface area contributed by atoms with Crippen LogP contribution in [0.3, 0.4) is 0 Å². The monoisotopic (exact) mass is 504 g/mol. The smallest absolute Gasteiger partial charge is 0.130 e. The lowest BCUT2D eigenvalue weighted by Gasteiger charge is -2.29. The highest BCUT2D eigenvalue weighted by Gasteiger charge is 2.34. The number of para-hydroxylation sites is 1. The molecule has 0 amide bonds. The van der Waals surface area contributed by atoms with E-state index in [0.29, 0.717) is 0 Å². The van der Waals surface area contributed by atoms with Gasteiger partial charge in [-0.05, 0) is 46.8 Å². The highest BCUT2D eigenvalue weighted by atomic mass is 32.1. The van der Waals surface area contributed by atoms with E-state index in [1.54, 1.807) is 0 Å². The second-order valence-electron chi connectivity index (χ2n) is 9.83. The minimum absolute atomic E-state index is 0.0382. The third-order valence-corrected chi connectivity index (χ3v) is 8.82. The summed E-state index contributed by atoms with van der Waals surface area (Å²) < 4.78 is 2.66. The molecule has 38 heavy (non-hydrogen) atoms. The van der Waals surface area contributed by atoms with Crippen LogP contribution in [0.15, 0.2) is 133 Å². The quantitative estimate of drug-likeness (QED) is 0.257. The molecule has 0 aliphatic carbocycles. The fourth-order valence-electron chi connectivity index (χ4n) is 5.91. The molecular weight excluding hydrogens is 480 g/mol. The maximum absolute atomic E-state index is 3.96. The van der Waals surface area contributed by atoms with Gasteiger partial charge < -0.3 is 10.2 Å². The fourth-order valence-corrected chi connectivity index (χ4v) is 7.00. The normalized spacial score (nSPS) is 14.7. The lowest BCUT2D eigenvalue weighted by Crippen LogP contribution is -2.23. The van der Waals surface area contributed by atoms with Crippen molar-refractivity contribution in [1.29, 1.82) is 0 Å². The molecule has 0 spiro atoms. The zero-order valence-electron chi connectivity index (χ0n) is 20.6. The van der Waals surface area contributed by atoms with Gasteiger partial charge in [-0.15, -0.1) is 11.3 Å². The van der Waals surface area contributed by atoms with Gasteiger partial charge in [-0.1, -0.05) is 103 Å². The zero-order chi connectivity index (χ0) is 25.1. The van der Waals surface area contributed by atoms with Crippen LogP contribution in [0.5, 0.6) is 0 Å². The average molecular weight is 505 g/mol. The average Bonchev–Trinajstić information content (AvgIpc) is 3.56. The predicted molar refractivity (Wildman–Crippen MR) is 164 cm³/mol. The van der Waals surface area contributed by atoms with Gasteiger partial charge in [0, 0.05) is 31.1 Å². The van der Waals surface area contributed by atoms with Gasteiger partial charge in [0.05, 0.1) is 17.1 Å². The summed E-state index contributed by atoms with van der Waals surface area (Å²) in [6, 6.07) is 48.3. The molecule has 7 aromatic rings. The molecule has 2 heterocycles. The van der Waals surface area contributed by atoms with Crippen molar-refractivity contribution in [1.82, 2.24) is 0 Å². The van der Waals surface area contributed by atoms with Gasteiger partial charge >= 0.3 is 0 Å². The van der Waals surface area contributed by atoms with E-state index in [2.05, 4.69) is 144 Å². The Morgan fingerprint density at radius 2 is 1.29 bits per heavy atom. The molecule has 8 rings (SSSR count). The highest BCUT2D eigenvalue weighted by Crippen LogP contribution is 2.51. The summed E-state index contributed by atoms with van der Waals surface area (Å²) >= 11 is 1.87. The zero-order valence-corrected chi connectivity index (χ0v) is 21.5. The molecule has 0 radical (unpaired) electrons. The van der Waals surface area contributed by atoms with Crippen LogP contribution in [0.1, 0.15) is 11.7 Å². The van der Waals surface area contributed by atoms with E-state index in [1.807, 2.05) is 11.3 Å². The second-order valence-corrected chi connectivity index (χ2v) is 10.9. The minimum atomic E-state index is -0.0382. The molecule has 2 nitrogen and oxygen atoms in total. The standard InChI is InChI=1S/C35H24N2S/c1-2-10-23(11-3-1)26-13-6-8-16-30(26)37-31-20-18-24-12-4-5-14-27(24)34(31)36-35(37)25-19-21-33-29(22-25)28-15-7-9-17-32(28)38-33/h1-22,35-36H. The summed E-state index contributed by atoms with van der Waals surface area (Å²) in [5.41, 5.74) is 7.28. The molecule has 1 unspecified atom stereocenters. The Bertz CT molecular complexity index is 1970. The van der Waals surface area contributed by atoms with Gasteiger partial charge in [0.1, 0.15) is 6.17 Å². The number of thiophene rings is 1. The minimum Gasteiger partial charge on any atom is -0.359 e. The number of hydrogen-bond donors (Lipinski definition) is 1. The van der Waals surface area contributed by atoms with Crippen molar-refractivity contribution >= 4 is 59.3 Å². The molecule has 0 fully saturated rings. The highest BCUT2D eigenvalue weighted by molar-refractivity contribution is 7.25. The number of rotatable bonds is 3. The molecule has 3 heteroatoms. The Kier molecular flexibility index (Phi) is 4.79. The van der Waals surface area contributed by atoms with Crippen molar-refractivity contribution < 1.29 is 0 Å².